The summed E-state index contributed by atoms with van der Waals surface area (Å²) in [6, 6.07) is 81.6. The van der Waals surface area contributed by atoms with Crippen molar-refractivity contribution in [2.75, 3.05) is 4.90 Å². The average Bonchev–Trinajstić information content (AvgIpc) is 3.83. The van der Waals surface area contributed by atoms with Gasteiger partial charge in [0.05, 0.1) is 0 Å². The summed E-state index contributed by atoms with van der Waals surface area (Å²) in [7, 11) is 0. The molecule has 0 atom stereocenters. The quantitative estimate of drug-likeness (QED) is 0.160. The Bertz CT molecular complexity index is 3520. The van der Waals surface area contributed by atoms with E-state index < -0.39 is 0 Å². The predicted molar refractivity (Wildman–Crippen MR) is 265 cm³/mol. The number of para-hydroxylation sites is 1. The number of rotatable bonds is 7. The topological polar surface area (TPSA) is 16.4 Å². The number of fused-ring (bicyclic) bond motifs is 7. The molecule has 0 saturated carbocycles. The third kappa shape index (κ3) is 6.25. The molecule has 1 aliphatic carbocycles. The van der Waals surface area contributed by atoms with Gasteiger partial charge in [0.25, 0.3) is 0 Å². The smallest absolute Gasteiger partial charge is 0.136 e. The zero-order valence-electron chi connectivity index (χ0n) is 35.2. The number of anilines is 3. The third-order valence-electron chi connectivity index (χ3n) is 13.3. The van der Waals surface area contributed by atoms with Crippen LogP contribution in [0.1, 0.15) is 25.0 Å². The van der Waals surface area contributed by atoms with Crippen LogP contribution < -0.4 is 4.90 Å². The summed E-state index contributed by atoms with van der Waals surface area (Å²) in [4.78, 5) is 2.36. The molecular weight excluding hydrogens is 763 g/mol. The van der Waals surface area contributed by atoms with E-state index in [0.29, 0.717) is 0 Å². The van der Waals surface area contributed by atoms with Crippen LogP contribution >= 0.6 is 0 Å². The van der Waals surface area contributed by atoms with Crippen LogP contribution in [0.4, 0.5) is 17.1 Å². The Balaban J connectivity index is 0.911. The molecule has 10 aromatic carbocycles. The van der Waals surface area contributed by atoms with Gasteiger partial charge in [-0.05, 0) is 144 Å². The van der Waals surface area contributed by atoms with E-state index in [1.54, 1.807) is 0 Å². The SMILES string of the molecule is CC1(C)c2ccccc2-c2cccc(-c3ccc(N(c4ccc(-c5cccc(-c6ccc7ccccc7c6)c5)cc4)c4ccc(-c5ccc6c(c5)oc5ccccc56)cc4)cc3)c21. The predicted octanol–water partition coefficient (Wildman–Crippen LogP) is 17.2. The number of benzene rings is 10. The van der Waals surface area contributed by atoms with Gasteiger partial charge in [-0.3, -0.25) is 0 Å². The van der Waals surface area contributed by atoms with Crippen LogP contribution in [-0.4, -0.2) is 0 Å². The Hall–Kier alpha value is -7.94. The molecule has 0 spiro atoms. The van der Waals surface area contributed by atoms with Crippen molar-refractivity contribution < 1.29 is 4.42 Å². The van der Waals surface area contributed by atoms with E-state index in [9.17, 15) is 0 Å². The Labute approximate surface area is 368 Å². The molecule has 12 rings (SSSR count). The van der Waals surface area contributed by atoms with Crippen molar-refractivity contribution >= 4 is 49.8 Å². The van der Waals surface area contributed by atoms with Crippen LogP contribution in [-0.2, 0) is 5.41 Å². The highest BCUT2D eigenvalue weighted by Gasteiger charge is 2.37. The van der Waals surface area contributed by atoms with Crippen molar-refractivity contribution in [3.05, 3.63) is 236 Å². The van der Waals surface area contributed by atoms with E-state index in [4.69, 9.17) is 4.42 Å². The number of hydrogen-bond acceptors (Lipinski definition) is 2. The van der Waals surface area contributed by atoms with Crippen LogP contribution in [0, 0.1) is 0 Å². The first-order valence-electron chi connectivity index (χ1n) is 21.8. The summed E-state index contributed by atoms with van der Waals surface area (Å²) < 4.78 is 6.26. The van der Waals surface area contributed by atoms with E-state index in [2.05, 4.69) is 231 Å². The molecule has 0 unspecified atom stereocenters. The van der Waals surface area contributed by atoms with E-state index in [1.165, 1.54) is 66.4 Å². The minimum atomic E-state index is -0.0966. The second-order valence-electron chi connectivity index (χ2n) is 17.3. The van der Waals surface area contributed by atoms with Gasteiger partial charge < -0.3 is 9.32 Å². The second kappa shape index (κ2) is 14.6. The third-order valence-corrected chi connectivity index (χ3v) is 13.3. The van der Waals surface area contributed by atoms with Crippen molar-refractivity contribution in [1.29, 1.82) is 0 Å². The Morgan fingerprint density at radius 3 is 1.59 bits per heavy atom. The lowest BCUT2D eigenvalue weighted by Gasteiger charge is -2.27. The maximum Gasteiger partial charge on any atom is 0.136 e. The van der Waals surface area contributed by atoms with Crippen molar-refractivity contribution in [3.63, 3.8) is 0 Å². The molecule has 1 aromatic heterocycles. The lowest BCUT2D eigenvalue weighted by molar-refractivity contribution is 0.662. The maximum atomic E-state index is 6.26. The van der Waals surface area contributed by atoms with Crippen molar-refractivity contribution in [2.24, 2.45) is 0 Å². The summed E-state index contributed by atoms with van der Waals surface area (Å²) in [5.41, 5.74) is 20.0. The molecule has 0 saturated heterocycles. The fourth-order valence-electron chi connectivity index (χ4n) is 10.1. The van der Waals surface area contributed by atoms with Crippen molar-refractivity contribution in [3.8, 4) is 55.6 Å². The monoisotopic (exact) mass is 805 g/mol. The van der Waals surface area contributed by atoms with Gasteiger partial charge in [-0.25, -0.2) is 0 Å². The molecule has 63 heavy (non-hydrogen) atoms. The molecule has 298 valence electrons. The number of nitrogens with zero attached hydrogens (tertiary/aromatic N) is 1. The van der Waals surface area contributed by atoms with E-state index >= 15 is 0 Å². The summed E-state index contributed by atoms with van der Waals surface area (Å²) in [5.74, 6) is 0. The molecule has 11 aromatic rings. The van der Waals surface area contributed by atoms with Gasteiger partial charge in [0.1, 0.15) is 11.2 Å². The fourth-order valence-corrected chi connectivity index (χ4v) is 10.1. The van der Waals surface area contributed by atoms with Crippen molar-refractivity contribution in [2.45, 2.75) is 19.3 Å². The fraction of sp³-hybridized carbons (Fsp3) is 0.0492. The second-order valence-corrected chi connectivity index (χ2v) is 17.3. The summed E-state index contributed by atoms with van der Waals surface area (Å²) in [6.07, 6.45) is 0. The standard InChI is InChI=1S/C61H43NO/c1-61(2)57-19-7-5-15-53(57)56-18-10-17-52(60(56)61)43-27-34-51(35-28-43)62(50-32-25-42(26-33-50)48-29-36-55-54-16-6-8-20-58(54)63-59(55)39-48)49-30-23-41(24-31-49)45-13-9-14-46(37-45)47-22-21-40-11-3-4-12-44(40)38-47/h3-39H,1-2H3. The molecule has 1 heterocycles. The molecule has 0 aliphatic heterocycles. The lowest BCUT2D eigenvalue weighted by Crippen LogP contribution is -2.16. The average molecular weight is 806 g/mol. The highest BCUT2D eigenvalue weighted by atomic mass is 16.3. The zero-order valence-corrected chi connectivity index (χ0v) is 35.2. The molecule has 0 fully saturated rings. The van der Waals surface area contributed by atoms with Crippen LogP contribution in [0.25, 0.3) is 88.3 Å². The van der Waals surface area contributed by atoms with Crippen LogP contribution in [0.15, 0.2) is 229 Å². The minimum absolute atomic E-state index is 0.0966. The van der Waals surface area contributed by atoms with Crippen LogP contribution in [0.5, 0.6) is 0 Å². The van der Waals surface area contributed by atoms with E-state index in [1.807, 2.05) is 12.1 Å². The molecule has 1 aliphatic rings. The lowest BCUT2D eigenvalue weighted by atomic mass is 9.79. The highest BCUT2D eigenvalue weighted by Crippen LogP contribution is 2.52. The van der Waals surface area contributed by atoms with Gasteiger partial charge in [0.15, 0.2) is 0 Å². The van der Waals surface area contributed by atoms with E-state index in [-0.39, 0.29) is 5.41 Å². The van der Waals surface area contributed by atoms with E-state index in [0.717, 1.165) is 50.1 Å². The molecule has 0 N–H and O–H groups in total. The minimum Gasteiger partial charge on any atom is -0.456 e. The molecule has 0 radical (unpaired) electrons. The molecule has 0 bridgehead atoms. The molecule has 2 nitrogen and oxygen atoms in total. The Morgan fingerprint density at radius 2 is 0.841 bits per heavy atom. The van der Waals surface area contributed by atoms with Crippen LogP contribution in [0.3, 0.4) is 0 Å². The first kappa shape index (κ1) is 36.9. The highest BCUT2D eigenvalue weighted by molar-refractivity contribution is 6.06. The first-order valence-corrected chi connectivity index (χ1v) is 21.8. The molecular formula is C61H43NO. The zero-order chi connectivity index (χ0) is 42.1. The number of hydrogen-bond donors (Lipinski definition) is 0. The van der Waals surface area contributed by atoms with Gasteiger partial charge in [-0.1, -0.05) is 172 Å². The number of furan rings is 1. The van der Waals surface area contributed by atoms with Gasteiger partial charge >= 0.3 is 0 Å². The Kier molecular flexibility index (Phi) is 8.55. The van der Waals surface area contributed by atoms with Gasteiger partial charge in [-0.2, -0.15) is 0 Å². The summed E-state index contributed by atoms with van der Waals surface area (Å²) in [6.45, 7) is 4.72. The molecule has 0 amide bonds. The molecule has 2 heteroatoms. The summed E-state index contributed by atoms with van der Waals surface area (Å²) in [5, 5.41) is 4.79. The first-order chi connectivity index (χ1) is 31.0. The normalized spacial score (nSPS) is 12.7. The van der Waals surface area contributed by atoms with Gasteiger partial charge in [0, 0.05) is 33.2 Å². The maximum absolute atomic E-state index is 6.26. The van der Waals surface area contributed by atoms with Crippen molar-refractivity contribution in [1.82, 2.24) is 0 Å². The van der Waals surface area contributed by atoms with Gasteiger partial charge in [0.2, 0.25) is 0 Å². The van der Waals surface area contributed by atoms with Crippen LogP contribution in [0.2, 0.25) is 0 Å². The van der Waals surface area contributed by atoms with Gasteiger partial charge in [-0.15, -0.1) is 0 Å². The summed E-state index contributed by atoms with van der Waals surface area (Å²) >= 11 is 0. The Morgan fingerprint density at radius 1 is 0.333 bits per heavy atom. The largest absolute Gasteiger partial charge is 0.456 e.